The average Bonchev–Trinajstić information content (AvgIpc) is 2.62. The number of nitrogens with one attached hydrogen (secondary N) is 2. The van der Waals surface area contributed by atoms with Crippen LogP contribution in [0.3, 0.4) is 0 Å². The smallest absolute Gasteiger partial charge is 0.268 e. The van der Waals surface area contributed by atoms with Gasteiger partial charge in [0.15, 0.2) is 0 Å². The molecule has 0 aliphatic carbocycles. The minimum Gasteiger partial charge on any atom is -0.391 e. The van der Waals surface area contributed by atoms with Crippen molar-refractivity contribution >= 4 is 11.8 Å². The van der Waals surface area contributed by atoms with E-state index in [0.29, 0.717) is 5.56 Å². The Labute approximate surface area is 157 Å². The molecule has 2 atom stereocenters. The van der Waals surface area contributed by atoms with E-state index in [1.165, 1.54) is 50.1 Å². The van der Waals surface area contributed by atoms with Crippen LogP contribution in [0.25, 0.3) is 0 Å². The van der Waals surface area contributed by atoms with Crippen LogP contribution in [-0.2, 0) is 11.2 Å². The van der Waals surface area contributed by atoms with Crippen molar-refractivity contribution in [2.45, 2.75) is 78.4 Å². The van der Waals surface area contributed by atoms with Crippen LogP contribution in [0.4, 0.5) is 0 Å². The van der Waals surface area contributed by atoms with Gasteiger partial charge in [0.2, 0.25) is 0 Å². The zero-order valence-electron chi connectivity index (χ0n) is 15.1. The largest absolute Gasteiger partial charge is 0.391 e. The third-order valence-electron chi connectivity index (χ3n) is 4.20. The number of aliphatic hydroxyl groups excluding tert-OH is 1. The minimum atomic E-state index is -1.21. The Kier molecular flexibility index (Phi) is 12.3. The molecule has 0 radical (unpaired) electrons. The lowest BCUT2D eigenvalue weighted by molar-refractivity contribution is -0.133. The van der Waals surface area contributed by atoms with E-state index >= 15 is 0 Å². The molecule has 4 N–H and O–H groups in total. The Morgan fingerprint density at radius 2 is 1.62 bits per heavy atom. The lowest BCUT2D eigenvalue weighted by Gasteiger charge is -2.19. The third-order valence-corrected chi connectivity index (χ3v) is 4.20. The summed E-state index contributed by atoms with van der Waals surface area (Å²) in [5, 5.41) is 20.6. The quantitative estimate of drug-likeness (QED) is 0.274. The maximum Gasteiger partial charge on any atom is 0.268 e. The Hall–Kier alpha value is -1.92. The fourth-order valence-corrected chi connectivity index (χ4v) is 2.63. The highest BCUT2D eigenvalue weighted by Gasteiger charge is 2.25. The van der Waals surface area contributed by atoms with Gasteiger partial charge in [-0.05, 0) is 37.5 Å². The van der Waals surface area contributed by atoms with E-state index in [1.54, 1.807) is 12.1 Å². The predicted octanol–water partition coefficient (Wildman–Crippen LogP) is 3.21. The van der Waals surface area contributed by atoms with E-state index in [9.17, 15) is 14.7 Å². The normalized spacial score (nSPS) is 12.6. The molecule has 0 unspecified atom stereocenters. The van der Waals surface area contributed by atoms with Crippen LogP contribution in [0.15, 0.2) is 24.3 Å². The number of carbonyl (C=O) groups excluding carboxylic acids is 2. The zero-order chi connectivity index (χ0) is 18.7. The first-order chi connectivity index (χ1) is 12.0. The fraction of sp³-hybridized carbons (Fsp3) is 0.600. The number of aryl methyl sites for hydroxylation is 1. The van der Waals surface area contributed by atoms with Gasteiger partial charge in [-0.25, -0.2) is 5.48 Å². The molecule has 1 rings (SSSR count). The van der Waals surface area contributed by atoms with Crippen LogP contribution in [0.1, 0.15) is 75.7 Å². The van der Waals surface area contributed by atoms with E-state index in [0.717, 1.165) is 12.8 Å². The molecule has 148 valence electrons. The molecule has 0 aliphatic rings. The highest BCUT2D eigenvalue weighted by atomic mass is 16.5. The summed E-state index contributed by atoms with van der Waals surface area (Å²) in [5.74, 6) is -1.33. The molecule has 6 heteroatoms. The molecule has 0 bridgehead atoms. The Morgan fingerprint density at radius 1 is 1.04 bits per heavy atom. The average molecular weight is 367 g/mol. The van der Waals surface area contributed by atoms with E-state index in [2.05, 4.69) is 12.2 Å². The van der Waals surface area contributed by atoms with Crippen molar-refractivity contribution in [2.24, 2.45) is 0 Å². The summed E-state index contributed by atoms with van der Waals surface area (Å²) in [6.45, 7) is 3.57. The van der Waals surface area contributed by atoms with Gasteiger partial charge < -0.3 is 10.4 Å². The number of hydrogen-bond acceptors (Lipinski definition) is 4. The van der Waals surface area contributed by atoms with Crippen molar-refractivity contribution < 1.29 is 19.9 Å². The molecular formula is C20H34N2O4. The molecule has 1 aromatic rings. The second-order valence-electron chi connectivity index (χ2n) is 6.38. The maximum atomic E-state index is 12.2. The van der Waals surface area contributed by atoms with E-state index in [4.69, 9.17) is 5.21 Å². The summed E-state index contributed by atoms with van der Waals surface area (Å²) in [6.07, 6.45) is 7.32. The lowest BCUT2D eigenvalue weighted by atomic mass is 10.0. The molecule has 26 heavy (non-hydrogen) atoms. The molecule has 0 spiro atoms. The van der Waals surface area contributed by atoms with Crippen LogP contribution in [0, 0.1) is 0 Å². The molecular weight excluding hydrogens is 332 g/mol. The molecule has 1 aromatic carbocycles. The van der Waals surface area contributed by atoms with Gasteiger partial charge in [-0.3, -0.25) is 14.8 Å². The molecule has 2 amide bonds. The summed E-state index contributed by atoms with van der Waals surface area (Å²) in [7, 11) is 0. The molecule has 6 nitrogen and oxygen atoms in total. The van der Waals surface area contributed by atoms with E-state index in [-0.39, 0.29) is 7.43 Å². The molecule has 0 saturated carbocycles. The Morgan fingerprint density at radius 3 is 2.15 bits per heavy atom. The lowest BCUT2D eigenvalue weighted by Crippen LogP contribution is -2.51. The zero-order valence-corrected chi connectivity index (χ0v) is 15.1. The third kappa shape index (κ3) is 8.45. The standard InChI is InChI=1S/C19H30N2O4.CH4/c1-3-4-5-6-7-8-9-15-10-12-16(13-11-15)18(23)20-17(14(2)22)19(24)21-25;/h10-14,17,22,25H,3-9H2,1-2H3,(H,20,23)(H,21,24);1H4/t14-,17+;/m1./s1. The number of carbonyl (C=O) groups is 2. The highest BCUT2D eigenvalue weighted by Crippen LogP contribution is 2.11. The van der Waals surface area contributed by atoms with Crippen LogP contribution >= 0.6 is 0 Å². The SMILES string of the molecule is C.CCCCCCCCc1ccc(C(=O)N[C@H](C(=O)NO)[C@@H](C)O)cc1. The van der Waals surface area contributed by atoms with Gasteiger partial charge in [0, 0.05) is 5.56 Å². The number of amides is 2. The van der Waals surface area contributed by atoms with Gasteiger partial charge in [0.1, 0.15) is 6.04 Å². The first-order valence-electron chi connectivity index (χ1n) is 9.01. The van der Waals surface area contributed by atoms with Gasteiger partial charge in [0.25, 0.3) is 11.8 Å². The van der Waals surface area contributed by atoms with Gasteiger partial charge >= 0.3 is 0 Å². The molecule has 0 aromatic heterocycles. The summed E-state index contributed by atoms with van der Waals surface area (Å²) in [5.41, 5.74) is 3.02. The van der Waals surface area contributed by atoms with Gasteiger partial charge in [0.05, 0.1) is 6.10 Å². The summed E-state index contributed by atoms with van der Waals surface area (Å²) < 4.78 is 0. The van der Waals surface area contributed by atoms with Crippen LogP contribution < -0.4 is 10.8 Å². The number of unbranched alkanes of at least 4 members (excludes halogenated alkanes) is 5. The highest BCUT2D eigenvalue weighted by molar-refractivity contribution is 5.97. The van der Waals surface area contributed by atoms with E-state index in [1.807, 2.05) is 12.1 Å². The van der Waals surface area contributed by atoms with Crippen molar-refractivity contribution in [3.63, 3.8) is 0 Å². The fourth-order valence-electron chi connectivity index (χ4n) is 2.63. The van der Waals surface area contributed by atoms with Crippen LogP contribution in [0.5, 0.6) is 0 Å². The first-order valence-corrected chi connectivity index (χ1v) is 9.01. The Balaban J connectivity index is 0.00000625. The van der Waals surface area contributed by atoms with Crippen molar-refractivity contribution in [3.8, 4) is 0 Å². The molecule has 0 heterocycles. The van der Waals surface area contributed by atoms with E-state index < -0.39 is 24.0 Å². The molecule has 0 fully saturated rings. The second kappa shape index (κ2) is 13.3. The summed E-state index contributed by atoms with van der Waals surface area (Å²) >= 11 is 0. The number of benzene rings is 1. The topological polar surface area (TPSA) is 98.7 Å². The van der Waals surface area contributed by atoms with Crippen molar-refractivity contribution in [1.29, 1.82) is 0 Å². The second-order valence-corrected chi connectivity index (χ2v) is 6.38. The Bertz CT molecular complexity index is 529. The molecule has 0 aliphatic heterocycles. The summed E-state index contributed by atoms with van der Waals surface area (Å²) in [6, 6.07) is 6.02. The van der Waals surface area contributed by atoms with Gasteiger partial charge in [-0.1, -0.05) is 58.6 Å². The molecule has 0 saturated heterocycles. The minimum absolute atomic E-state index is 0. The van der Waals surface area contributed by atoms with Crippen molar-refractivity contribution in [2.75, 3.05) is 0 Å². The number of hydrogen-bond donors (Lipinski definition) is 4. The van der Waals surface area contributed by atoms with Crippen LogP contribution in [-0.4, -0.2) is 34.3 Å². The van der Waals surface area contributed by atoms with Crippen molar-refractivity contribution in [3.05, 3.63) is 35.4 Å². The van der Waals surface area contributed by atoms with Crippen molar-refractivity contribution in [1.82, 2.24) is 10.8 Å². The number of aliphatic hydroxyl groups is 1. The first kappa shape index (κ1) is 24.1. The van der Waals surface area contributed by atoms with Gasteiger partial charge in [-0.2, -0.15) is 0 Å². The number of rotatable bonds is 11. The van der Waals surface area contributed by atoms with Crippen LogP contribution in [0.2, 0.25) is 0 Å². The predicted molar refractivity (Wildman–Crippen MR) is 103 cm³/mol. The monoisotopic (exact) mass is 366 g/mol. The van der Waals surface area contributed by atoms with Gasteiger partial charge in [-0.15, -0.1) is 0 Å². The maximum absolute atomic E-state index is 12.2. The summed E-state index contributed by atoms with van der Waals surface area (Å²) in [4.78, 5) is 23.6. The number of hydroxylamine groups is 1.